The van der Waals surface area contributed by atoms with E-state index in [0.717, 1.165) is 37.0 Å². The van der Waals surface area contributed by atoms with Crippen LogP contribution in [-0.2, 0) is 4.79 Å². The van der Waals surface area contributed by atoms with Crippen LogP contribution in [-0.4, -0.2) is 5.78 Å². The van der Waals surface area contributed by atoms with Crippen molar-refractivity contribution in [1.82, 2.24) is 0 Å². The third-order valence-corrected chi connectivity index (χ3v) is 5.93. The van der Waals surface area contributed by atoms with E-state index in [1.165, 1.54) is 38.5 Å². The van der Waals surface area contributed by atoms with Crippen LogP contribution in [0.2, 0.25) is 0 Å². The first-order chi connectivity index (χ1) is 10.5. The summed E-state index contributed by atoms with van der Waals surface area (Å²) in [4.78, 5) is 11.3. The van der Waals surface area contributed by atoms with E-state index in [2.05, 4.69) is 33.8 Å². The van der Waals surface area contributed by atoms with E-state index in [4.69, 9.17) is 0 Å². The lowest BCUT2D eigenvalue weighted by molar-refractivity contribution is -0.123. The molecule has 1 nitrogen and oxygen atoms in total. The Kier molecular flexibility index (Phi) is 9.05. The molecule has 0 radical (unpaired) electrons. The molecule has 22 heavy (non-hydrogen) atoms. The summed E-state index contributed by atoms with van der Waals surface area (Å²) in [5, 5.41) is 0. The van der Waals surface area contributed by atoms with Gasteiger partial charge in [-0.1, -0.05) is 58.1 Å². The Labute approximate surface area is 139 Å². The van der Waals surface area contributed by atoms with Crippen LogP contribution in [0.4, 0.5) is 0 Å². The molecule has 2 saturated carbocycles. The average molecular weight is 307 g/mol. The van der Waals surface area contributed by atoms with Crippen molar-refractivity contribution in [3.8, 4) is 0 Å². The number of hydrogen-bond acceptors (Lipinski definition) is 1. The standard InChI is InChI=1S/C11H20.C10H18O/c1-4-10(3)11-7-5-9(2)6-8-11;1-3-10(11)9-6-4-8(2)5-7-9/h4,9,11H,5-8H2,1-3H3;8-9H,3-7H2,1-2H3/b10-4-;. The minimum absolute atomic E-state index is 0.413. The molecule has 0 atom stereocenters. The Morgan fingerprint density at radius 2 is 1.27 bits per heavy atom. The van der Waals surface area contributed by atoms with Crippen molar-refractivity contribution < 1.29 is 4.79 Å². The number of carbonyl (C=O) groups is 1. The maximum atomic E-state index is 11.3. The van der Waals surface area contributed by atoms with Gasteiger partial charge in [-0.25, -0.2) is 0 Å². The molecular weight excluding hydrogens is 268 g/mol. The molecule has 128 valence electrons. The van der Waals surface area contributed by atoms with Gasteiger partial charge in [-0.2, -0.15) is 0 Å². The van der Waals surface area contributed by atoms with Crippen molar-refractivity contribution in [2.24, 2.45) is 23.7 Å². The minimum atomic E-state index is 0.413. The van der Waals surface area contributed by atoms with E-state index < -0.39 is 0 Å². The molecule has 0 aromatic heterocycles. The van der Waals surface area contributed by atoms with Crippen molar-refractivity contribution in [1.29, 1.82) is 0 Å². The van der Waals surface area contributed by atoms with E-state index in [9.17, 15) is 4.79 Å². The van der Waals surface area contributed by atoms with Gasteiger partial charge in [-0.05, 0) is 57.3 Å². The summed E-state index contributed by atoms with van der Waals surface area (Å²) in [5.41, 5.74) is 1.61. The largest absolute Gasteiger partial charge is 0.299 e. The summed E-state index contributed by atoms with van der Waals surface area (Å²) in [7, 11) is 0. The molecular formula is C21H38O. The molecule has 0 amide bonds. The molecule has 0 aromatic carbocycles. The summed E-state index contributed by atoms with van der Waals surface area (Å²) in [6.07, 6.45) is 13.6. The second-order valence-corrected chi connectivity index (χ2v) is 7.77. The quantitative estimate of drug-likeness (QED) is 0.539. The van der Waals surface area contributed by atoms with Crippen molar-refractivity contribution in [2.75, 3.05) is 0 Å². The molecule has 0 saturated heterocycles. The molecule has 2 aliphatic rings. The van der Waals surface area contributed by atoms with Crippen LogP contribution >= 0.6 is 0 Å². The maximum Gasteiger partial charge on any atom is 0.135 e. The molecule has 2 rings (SSSR count). The smallest absolute Gasteiger partial charge is 0.135 e. The van der Waals surface area contributed by atoms with Gasteiger partial charge in [-0.3, -0.25) is 4.79 Å². The molecule has 2 fully saturated rings. The molecule has 0 N–H and O–H groups in total. The summed E-state index contributed by atoms with van der Waals surface area (Å²) >= 11 is 0. The highest BCUT2D eigenvalue weighted by Gasteiger charge is 2.22. The Hall–Kier alpha value is -0.590. The first kappa shape index (κ1) is 19.5. The zero-order valence-corrected chi connectivity index (χ0v) is 15.7. The number of ketones is 1. The van der Waals surface area contributed by atoms with Gasteiger partial charge in [0, 0.05) is 12.3 Å². The van der Waals surface area contributed by atoms with Crippen LogP contribution in [0.5, 0.6) is 0 Å². The number of allylic oxidation sites excluding steroid dienone is 2. The summed E-state index contributed by atoms with van der Waals surface area (Å²) in [6, 6.07) is 0. The highest BCUT2D eigenvalue weighted by Crippen LogP contribution is 2.32. The third kappa shape index (κ3) is 6.67. The summed E-state index contributed by atoms with van der Waals surface area (Å²) in [6.45, 7) is 11.1. The van der Waals surface area contributed by atoms with Gasteiger partial charge in [0.1, 0.15) is 5.78 Å². The minimum Gasteiger partial charge on any atom is -0.299 e. The molecule has 0 unspecified atom stereocenters. The fourth-order valence-corrected chi connectivity index (χ4v) is 3.82. The van der Waals surface area contributed by atoms with Crippen molar-refractivity contribution in [2.45, 2.75) is 92.4 Å². The Morgan fingerprint density at radius 1 is 0.864 bits per heavy atom. The number of carbonyl (C=O) groups excluding carboxylic acids is 1. The lowest BCUT2D eigenvalue weighted by Gasteiger charge is -2.26. The highest BCUT2D eigenvalue weighted by atomic mass is 16.1. The van der Waals surface area contributed by atoms with Crippen molar-refractivity contribution in [3.05, 3.63) is 11.6 Å². The molecule has 0 aromatic rings. The van der Waals surface area contributed by atoms with Crippen LogP contribution in [0.1, 0.15) is 92.4 Å². The molecule has 2 aliphatic carbocycles. The average Bonchev–Trinajstić information content (AvgIpc) is 2.55. The normalized spacial score (nSPS) is 32.9. The fraction of sp³-hybridized carbons (Fsp3) is 0.857. The van der Waals surface area contributed by atoms with E-state index in [-0.39, 0.29) is 0 Å². The maximum absolute atomic E-state index is 11.3. The lowest BCUT2D eigenvalue weighted by Crippen LogP contribution is -2.19. The first-order valence-corrected chi connectivity index (χ1v) is 9.63. The topological polar surface area (TPSA) is 17.1 Å². The Balaban J connectivity index is 0.000000220. The zero-order valence-electron chi connectivity index (χ0n) is 15.7. The van der Waals surface area contributed by atoms with E-state index >= 15 is 0 Å². The molecule has 0 bridgehead atoms. The van der Waals surface area contributed by atoms with E-state index in [1.54, 1.807) is 5.57 Å². The zero-order chi connectivity index (χ0) is 16.5. The second kappa shape index (κ2) is 10.2. The highest BCUT2D eigenvalue weighted by molar-refractivity contribution is 5.80. The summed E-state index contributed by atoms with van der Waals surface area (Å²) in [5.74, 6) is 3.65. The lowest BCUT2D eigenvalue weighted by atomic mass is 9.79. The first-order valence-electron chi connectivity index (χ1n) is 9.63. The van der Waals surface area contributed by atoms with Gasteiger partial charge in [0.05, 0.1) is 0 Å². The van der Waals surface area contributed by atoms with Crippen molar-refractivity contribution >= 4 is 5.78 Å². The fourth-order valence-electron chi connectivity index (χ4n) is 3.82. The van der Waals surface area contributed by atoms with Crippen LogP contribution in [0, 0.1) is 23.7 Å². The van der Waals surface area contributed by atoms with Gasteiger partial charge in [0.2, 0.25) is 0 Å². The predicted octanol–water partition coefficient (Wildman–Crippen LogP) is 6.57. The van der Waals surface area contributed by atoms with Crippen LogP contribution < -0.4 is 0 Å². The van der Waals surface area contributed by atoms with Crippen LogP contribution in [0.15, 0.2) is 11.6 Å². The van der Waals surface area contributed by atoms with Gasteiger partial charge < -0.3 is 0 Å². The SMILES string of the molecule is C/C=C(/C)C1CCC(C)CC1.CCC(=O)C1CCC(C)CC1. The second-order valence-electron chi connectivity index (χ2n) is 7.77. The van der Waals surface area contributed by atoms with Gasteiger partial charge in [-0.15, -0.1) is 0 Å². The van der Waals surface area contributed by atoms with Crippen LogP contribution in [0.3, 0.4) is 0 Å². The third-order valence-electron chi connectivity index (χ3n) is 5.93. The van der Waals surface area contributed by atoms with Crippen molar-refractivity contribution in [3.63, 3.8) is 0 Å². The monoisotopic (exact) mass is 306 g/mol. The molecule has 0 heterocycles. The number of rotatable bonds is 3. The van der Waals surface area contributed by atoms with E-state index in [1.807, 2.05) is 6.92 Å². The van der Waals surface area contributed by atoms with E-state index in [0.29, 0.717) is 11.7 Å². The predicted molar refractivity (Wildman–Crippen MR) is 97.0 cm³/mol. The van der Waals surface area contributed by atoms with Gasteiger partial charge in [0.15, 0.2) is 0 Å². The number of hydrogen-bond donors (Lipinski definition) is 0. The Bertz CT molecular complexity index is 339. The summed E-state index contributed by atoms with van der Waals surface area (Å²) < 4.78 is 0. The van der Waals surface area contributed by atoms with Crippen LogP contribution in [0.25, 0.3) is 0 Å². The van der Waals surface area contributed by atoms with Gasteiger partial charge in [0.25, 0.3) is 0 Å². The number of Topliss-reactive ketones (excluding diaryl/α,β-unsaturated/α-hetero) is 1. The Morgan fingerprint density at radius 3 is 1.64 bits per heavy atom. The molecule has 1 heteroatoms. The van der Waals surface area contributed by atoms with Gasteiger partial charge >= 0.3 is 0 Å². The molecule has 0 aliphatic heterocycles. The molecule has 0 spiro atoms.